The van der Waals surface area contributed by atoms with E-state index in [1.165, 1.54) is 11.1 Å². The number of nitrogens with zero attached hydrogens (tertiary/aromatic N) is 2. The normalized spacial score (nSPS) is 16.5. The molecule has 3 heteroatoms. The molecule has 2 rings (SSSR count). The minimum absolute atomic E-state index is 0.973. The number of aryl methyl sites for hydroxylation is 1. The molecule has 2 nitrogen and oxygen atoms in total. The van der Waals surface area contributed by atoms with Crippen LogP contribution in [0.4, 0.5) is 5.82 Å². The lowest BCUT2D eigenvalue weighted by Crippen LogP contribution is -2.29. The van der Waals surface area contributed by atoms with E-state index >= 15 is 0 Å². The van der Waals surface area contributed by atoms with E-state index in [1.807, 2.05) is 12.3 Å². The van der Waals surface area contributed by atoms with Gasteiger partial charge < -0.3 is 4.90 Å². The van der Waals surface area contributed by atoms with E-state index in [0.717, 1.165) is 29.8 Å². The van der Waals surface area contributed by atoms with Crippen LogP contribution in [-0.2, 0) is 0 Å². The fraction of sp³-hybridized carbons (Fsp3) is 0.417. The first kappa shape index (κ1) is 10.7. The van der Waals surface area contributed by atoms with E-state index in [4.69, 9.17) is 0 Å². The van der Waals surface area contributed by atoms with Crippen LogP contribution in [0.25, 0.3) is 0 Å². The average molecular weight is 267 g/mol. The highest BCUT2D eigenvalue weighted by Crippen LogP contribution is 2.28. The third-order valence-electron chi connectivity index (χ3n) is 2.80. The van der Waals surface area contributed by atoms with E-state index in [2.05, 4.69) is 45.7 Å². The van der Waals surface area contributed by atoms with E-state index in [-0.39, 0.29) is 0 Å². The van der Waals surface area contributed by atoms with Crippen molar-refractivity contribution in [2.45, 2.75) is 20.3 Å². The number of pyridine rings is 1. The topological polar surface area (TPSA) is 16.1 Å². The van der Waals surface area contributed by atoms with Gasteiger partial charge >= 0.3 is 0 Å². The Morgan fingerprint density at radius 3 is 2.87 bits per heavy atom. The molecule has 2 heterocycles. The zero-order valence-electron chi connectivity index (χ0n) is 9.13. The molecule has 0 unspecified atom stereocenters. The van der Waals surface area contributed by atoms with Gasteiger partial charge in [0.2, 0.25) is 0 Å². The summed E-state index contributed by atoms with van der Waals surface area (Å²) < 4.78 is 1.12. The van der Waals surface area contributed by atoms with Gasteiger partial charge in [0.15, 0.2) is 0 Å². The zero-order chi connectivity index (χ0) is 10.8. The Hall–Kier alpha value is -0.830. The van der Waals surface area contributed by atoms with E-state index in [0.29, 0.717) is 0 Å². The second kappa shape index (κ2) is 4.35. The number of aromatic nitrogens is 1. The van der Waals surface area contributed by atoms with Gasteiger partial charge in [0.05, 0.1) is 4.47 Å². The van der Waals surface area contributed by atoms with Crippen LogP contribution in [0.3, 0.4) is 0 Å². The van der Waals surface area contributed by atoms with E-state index in [9.17, 15) is 0 Å². The quantitative estimate of drug-likeness (QED) is 0.726. The minimum atomic E-state index is 0.973. The lowest BCUT2D eigenvalue weighted by molar-refractivity contribution is 0.773. The number of hydrogen-bond donors (Lipinski definition) is 0. The summed E-state index contributed by atoms with van der Waals surface area (Å²) in [5.41, 5.74) is 2.72. The molecule has 1 aromatic heterocycles. The van der Waals surface area contributed by atoms with Crippen LogP contribution in [0, 0.1) is 6.92 Å². The molecule has 15 heavy (non-hydrogen) atoms. The van der Waals surface area contributed by atoms with E-state index in [1.54, 1.807) is 0 Å². The molecule has 0 aromatic carbocycles. The Morgan fingerprint density at radius 1 is 1.40 bits per heavy atom. The molecule has 1 aromatic rings. The molecule has 0 amide bonds. The summed E-state index contributed by atoms with van der Waals surface area (Å²) in [6.07, 6.45) is 5.29. The molecule has 0 spiro atoms. The maximum absolute atomic E-state index is 4.44. The molecule has 0 aliphatic carbocycles. The first-order valence-electron chi connectivity index (χ1n) is 5.20. The van der Waals surface area contributed by atoms with Gasteiger partial charge in [-0.15, -0.1) is 0 Å². The molecule has 1 aliphatic rings. The zero-order valence-corrected chi connectivity index (χ0v) is 10.7. The smallest absolute Gasteiger partial charge is 0.143 e. The molecule has 0 radical (unpaired) electrons. The maximum atomic E-state index is 4.44. The summed E-state index contributed by atoms with van der Waals surface area (Å²) in [5, 5.41) is 0. The second-order valence-corrected chi connectivity index (χ2v) is 4.80. The number of halogens is 1. The molecular weight excluding hydrogens is 252 g/mol. The first-order chi connectivity index (χ1) is 7.18. The molecule has 1 aliphatic heterocycles. The van der Waals surface area contributed by atoms with Crippen LogP contribution in [-0.4, -0.2) is 18.1 Å². The summed E-state index contributed by atoms with van der Waals surface area (Å²) >= 11 is 3.61. The number of hydrogen-bond acceptors (Lipinski definition) is 2. The SMILES string of the molecule is CC1=CCN(c2nccc(C)c2Br)CC1. The van der Waals surface area contributed by atoms with Gasteiger partial charge in [-0.25, -0.2) is 4.98 Å². The van der Waals surface area contributed by atoms with Gasteiger partial charge in [0.1, 0.15) is 5.82 Å². The van der Waals surface area contributed by atoms with Crippen LogP contribution in [0.5, 0.6) is 0 Å². The van der Waals surface area contributed by atoms with Gasteiger partial charge in [-0.3, -0.25) is 0 Å². The molecule has 0 saturated carbocycles. The van der Waals surface area contributed by atoms with Crippen molar-refractivity contribution in [3.63, 3.8) is 0 Å². The molecule has 0 bridgehead atoms. The molecule has 0 fully saturated rings. The van der Waals surface area contributed by atoms with Crippen LogP contribution in [0.15, 0.2) is 28.4 Å². The summed E-state index contributed by atoms with van der Waals surface area (Å²) in [4.78, 5) is 6.75. The fourth-order valence-electron chi connectivity index (χ4n) is 1.71. The van der Waals surface area contributed by atoms with Crippen LogP contribution in [0.2, 0.25) is 0 Å². The van der Waals surface area contributed by atoms with Crippen LogP contribution >= 0.6 is 15.9 Å². The van der Waals surface area contributed by atoms with Crippen molar-refractivity contribution >= 4 is 21.7 Å². The van der Waals surface area contributed by atoms with Gasteiger partial charge in [-0.2, -0.15) is 0 Å². The lowest BCUT2D eigenvalue weighted by Gasteiger charge is -2.27. The van der Waals surface area contributed by atoms with E-state index < -0.39 is 0 Å². The van der Waals surface area contributed by atoms with Crippen molar-refractivity contribution in [3.8, 4) is 0 Å². The number of anilines is 1. The van der Waals surface area contributed by atoms with Gasteiger partial charge in [-0.1, -0.05) is 11.6 Å². The Labute approximate surface area is 99.1 Å². The predicted molar refractivity (Wildman–Crippen MR) is 67.3 cm³/mol. The summed E-state index contributed by atoms with van der Waals surface area (Å²) in [7, 11) is 0. The highest BCUT2D eigenvalue weighted by atomic mass is 79.9. The van der Waals surface area contributed by atoms with Crippen molar-refractivity contribution < 1.29 is 0 Å². The van der Waals surface area contributed by atoms with Crippen molar-refractivity contribution in [2.24, 2.45) is 0 Å². The van der Waals surface area contributed by atoms with Gasteiger partial charge in [0.25, 0.3) is 0 Å². The fourth-order valence-corrected chi connectivity index (χ4v) is 2.19. The highest BCUT2D eigenvalue weighted by molar-refractivity contribution is 9.10. The predicted octanol–water partition coefficient (Wildman–Crippen LogP) is 3.31. The van der Waals surface area contributed by atoms with Crippen molar-refractivity contribution in [1.29, 1.82) is 0 Å². The second-order valence-electron chi connectivity index (χ2n) is 4.01. The highest BCUT2D eigenvalue weighted by Gasteiger charge is 2.14. The molecule has 0 N–H and O–H groups in total. The number of rotatable bonds is 1. The van der Waals surface area contributed by atoms with Crippen molar-refractivity contribution in [1.82, 2.24) is 4.98 Å². The Kier molecular flexibility index (Phi) is 3.10. The summed E-state index contributed by atoms with van der Waals surface area (Å²) in [6, 6.07) is 2.03. The minimum Gasteiger partial charge on any atom is -0.352 e. The van der Waals surface area contributed by atoms with Crippen molar-refractivity contribution in [2.75, 3.05) is 18.0 Å². The monoisotopic (exact) mass is 266 g/mol. The van der Waals surface area contributed by atoms with Gasteiger partial charge in [0, 0.05) is 19.3 Å². The third kappa shape index (κ3) is 2.23. The van der Waals surface area contributed by atoms with Crippen LogP contribution < -0.4 is 4.90 Å². The standard InChI is InChI=1S/C12H15BrN2/c1-9-4-7-15(8-5-9)12-11(13)10(2)3-6-14-12/h3-4,6H,5,7-8H2,1-2H3. The molecule has 80 valence electrons. The third-order valence-corrected chi connectivity index (χ3v) is 3.78. The van der Waals surface area contributed by atoms with Gasteiger partial charge in [-0.05, 0) is 47.8 Å². The maximum Gasteiger partial charge on any atom is 0.143 e. The summed E-state index contributed by atoms with van der Waals surface area (Å²) in [5.74, 6) is 1.07. The van der Waals surface area contributed by atoms with Crippen molar-refractivity contribution in [3.05, 3.63) is 33.9 Å². The Morgan fingerprint density at radius 2 is 2.20 bits per heavy atom. The molecule has 0 saturated heterocycles. The Balaban J connectivity index is 2.27. The molecule has 0 atom stereocenters. The van der Waals surface area contributed by atoms with Crippen LogP contribution in [0.1, 0.15) is 18.9 Å². The first-order valence-corrected chi connectivity index (χ1v) is 5.99. The Bertz CT molecular complexity index is 399. The largest absolute Gasteiger partial charge is 0.352 e. The molecular formula is C12H15BrN2. The summed E-state index contributed by atoms with van der Waals surface area (Å²) in [6.45, 7) is 6.33. The lowest BCUT2D eigenvalue weighted by atomic mass is 10.1. The average Bonchev–Trinajstić information content (AvgIpc) is 2.24.